The molecule has 19 heavy (non-hydrogen) atoms. The molecule has 0 spiro atoms. The highest BCUT2D eigenvalue weighted by molar-refractivity contribution is 5.71. The maximum Gasteiger partial charge on any atom is 0.308 e. The lowest BCUT2D eigenvalue weighted by molar-refractivity contribution is -0.142. The number of rotatable bonds is 6. The molecule has 1 aromatic carbocycles. The minimum atomic E-state index is -0.898. The zero-order chi connectivity index (χ0) is 14.6. The molecule has 0 aromatic heterocycles. The number of carboxylic acid groups (broad SMARTS) is 1. The number of hydrogen-bond acceptors (Lipinski definition) is 4. The summed E-state index contributed by atoms with van der Waals surface area (Å²) in [5, 5.41) is 9.19. The minimum Gasteiger partial charge on any atom is -0.496 e. The Morgan fingerprint density at radius 1 is 1.37 bits per heavy atom. The minimum absolute atomic E-state index is 0.463. The standard InChI is InChI=1S/C14H21NO4/c1-5-9(14(16)17)12(15)10-6-7-11(18-3)8(2)13(10)19-4/h6-7,9,12H,5,15H2,1-4H3,(H,16,17). The van der Waals surface area contributed by atoms with Gasteiger partial charge in [0.25, 0.3) is 0 Å². The van der Waals surface area contributed by atoms with Crippen molar-refractivity contribution in [2.45, 2.75) is 26.3 Å². The smallest absolute Gasteiger partial charge is 0.308 e. The van der Waals surface area contributed by atoms with Crippen LogP contribution in [-0.4, -0.2) is 25.3 Å². The number of nitrogens with two attached hydrogens (primary N) is 1. The quantitative estimate of drug-likeness (QED) is 0.825. The average molecular weight is 267 g/mol. The van der Waals surface area contributed by atoms with E-state index in [0.29, 0.717) is 23.5 Å². The first-order valence-electron chi connectivity index (χ1n) is 6.17. The molecule has 3 N–H and O–H groups in total. The van der Waals surface area contributed by atoms with Gasteiger partial charge < -0.3 is 20.3 Å². The molecule has 1 rings (SSSR count). The third-order valence-corrected chi connectivity index (χ3v) is 3.36. The van der Waals surface area contributed by atoms with Gasteiger partial charge in [-0.25, -0.2) is 0 Å². The second kappa shape index (κ2) is 6.43. The monoisotopic (exact) mass is 267 g/mol. The number of hydrogen-bond donors (Lipinski definition) is 2. The van der Waals surface area contributed by atoms with Gasteiger partial charge in [0.1, 0.15) is 11.5 Å². The molecular formula is C14H21NO4. The number of aliphatic carboxylic acids is 1. The second-order valence-electron chi connectivity index (χ2n) is 4.39. The summed E-state index contributed by atoms with van der Waals surface area (Å²) in [5.74, 6) is -0.255. The Bertz CT molecular complexity index is 459. The third-order valence-electron chi connectivity index (χ3n) is 3.36. The van der Waals surface area contributed by atoms with Crippen LogP contribution in [0.25, 0.3) is 0 Å². The molecule has 0 bridgehead atoms. The Balaban J connectivity index is 3.26. The Morgan fingerprint density at radius 2 is 2.00 bits per heavy atom. The van der Waals surface area contributed by atoms with Crippen molar-refractivity contribution in [2.24, 2.45) is 11.7 Å². The maximum atomic E-state index is 11.2. The highest BCUT2D eigenvalue weighted by Crippen LogP contribution is 2.36. The molecule has 0 fully saturated rings. The second-order valence-corrected chi connectivity index (χ2v) is 4.39. The van der Waals surface area contributed by atoms with E-state index in [1.165, 1.54) is 0 Å². The maximum absolute atomic E-state index is 11.2. The van der Waals surface area contributed by atoms with E-state index >= 15 is 0 Å². The molecule has 0 saturated carbocycles. The topological polar surface area (TPSA) is 81.8 Å². The molecule has 5 nitrogen and oxygen atoms in total. The zero-order valence-corrected chi connectivity index (χ0v) is 11.8. The third kappa shape index (κ3) is 2.98. The van der Waals surface area contributed by atoms with Gasteiger partial charge in [-0.3, -0.25) is 4.79 Å². The van der Waals surface area contributed by atoms with Gasteiger partial charge in [0, 0.05) is 17.2 Å². The van der Waals surface area contributed by atoms with E-state index in [9.17, 15) is 9.90 Å². The van der Waals surface area contributed by atoms with Crippen molar-refractivity contribution >= 4 is 5.97 Å². The lowest BCUT2D eigenvalue weighted by Crippen LogP contribution is -2.28. The van der Waals surface area contributed by atoms with Crippen molar-refractivity contribution < 1.29 is 19.4 Å². The van der Waals surface area contributed by atoms with Gasteiger partial charge in [-0.15, -0.1) is 0 Å². The Morgan fingerprint density at radius 3 is 2.42 bits per heavy atom. The summed E-state index contributed by atoms with van der Waals surface area (Å²) in [4.78, 5) is 11.2. The number of carboxylic acids is 1. The summed E-state index contributed by atoms with van der Waals surface area (Å²) < 4.78 is 10.6. The lowest BCUT2D eigenvalue weighted by atomic mass is 9.90. The van der Waals surface area contributed by atoms with Crippen LogP contribution in [0, 0.1) is 12.8 Å². The van der Waals surface area contributed by atoms with Crippen LogP contribution in [0.3, 0.4) is 0 Å². The van der Waals surface area contributed by atoms with Gasteiger partial charge in [0.2, 0.25) is 0 Å². The summed E-state index contributed by atoms with van der Waals surface area (Å²) in [6.45, 7) is 3.66. The van der Waals surface area contributed by atoms with Crippen LogP contribution < -0.4 is 15.2 Å². The van der Waals surface area contributed by atoms with Crippen LogP contribution in [0.2, 0.25) is 0 Å². The lowest BCUT2D eigenvalue weighted by Gasteiger charge is -2.23. The molecule has 2 atom stereocenters. The van der Waals surface area contributed by atoms with Crippen LogP contribution in [-0.2, 0) is 4.79 Å². The first kappa shape index (κ1) is 15.3. The fourth-order valence-corrected chi connectivity index (χ4v) is 2.25. The predicted molar refractivity (Wildman–Crippen MR) is 72.6 cm³/mol. The molecule has 0 aliphatic heterocycles. The Kier molecular flexibility index (Phi) is 5.18. The van der Waals surface area contributed by atoms with Crippen molar-refractivity contribution in [2.75, 3.05) is 14.2 Å². The van der Waals surface area contributed by atoms with Crippen molar-refractivity contribution in [3.05, 3.63) is 23.3 Å². The highest BCUT2D eigenvalue weighted by Gasteiger charge is 2.28. The van der Waals surface area contributed by atoms with Crippen LogP contribution in [0.5, 0.6) is 11.5 Å². The fourth-order valence-electron chi connectivity index (χ4n) is 2.25. The first-order chi connectivity index (χ1) is 8.97. The molecule has 0 saturated heterocycles. The molecule has 0 radical (unpaired) electrons. The number of ether oxygens (including phenoxy) is 2. The number of benzene rings is 1. The van der Waals surface area contributed by atoms with Gasteiger partial charge >= 0.3 is 5.97 Å². The van der Waals surface area contributed by atoms with Crippen LogP contribution in [0.15, 0.2) is 12.1 Å². The summed E-state index contributed by atoms with van der Waals surface area (Å²) in [5.41, 5.74) is 7.59. The van der Waals surface area contributed by atoms with Crippen LogP contribution in [0.1, 0.15) is 30.5 Å². The number of methoxy groups -OCH3 is 2. The average Bonchev–Trinajstić information content (AvgIpc) is 2.38. The van der Waals surface area contributed by atoms with Gasteiger partial charge in [0.05, 0.1) is 20.1 Å². The van der Waals surface area contributed by atoms with E-state index in [1.54, 1.807) is 26.4 Å². The zero-order valence-electron chi connectivity index (χ0n) is 11.8. The first-order valence-corrected chi connectivity index (χ1v) is 6.17. The van der Waals surface area contributed by atoms with E-state index in [0.717, 1.165) is 5.56 Å². The largest absolute Gasteiger partial charge is 0.496 e. The number of carbonyl (C=O) groups is 1. The van der Waals surface area contributed by atoms with E-state index in [-0.39, 0.29) is 0 Å². The molecule has 2 unspecified atom stereocenters. The van der Waals surface area contributed by atoms with Gasteiger partial charge in [0.15, 0.2) is 0 Å². The predicted octanol–water partition coefficient (Wildman–Crippen LogP) is 2.12. The molecular weight excluding hydrogens is 246 g/mol. The van der Waals surface area contributed by atoms with E-state index in [1.807, 2.05) is 13.8 Å². The Hall–Kier alpha value is -1.75. The SMILES string of the molecule is CCC(C(=O)O)C(N)c1ccc(OC)c(C)c1OC. The van der Waals surface area contributed by atoms with E-state index in [4.69, 9.17) is 15.2 Å². The van der Waals surface area contributed by atoms with E-state index < -0.39 is 17.9 Å². The van der Waals surface area contributed by atoms with Gasteiger partial charge in [-0.2, -0.15) is 0 Å². The highest BCUT2D eigenvalue weighted by atomic mass is 16.5. The van der Waals surface area contributed by atoms with Gasteiger partial charge in [-0.05, 0) is 19.4 Å². The molecule has 0 heterocycles. The van der Waals surface area contributed by atoms with Crippen molar-refractivity contribution in [3.63, 3.8) is 0 Å². The Labute approximate surface area is 113 Å². The summed E-state index contributed by atoms with van der Waals surface area (Å²) in [6, 6.07) is 2.93. The summed E-state index contributed by atoms with van der Waals surface area (Å²) in [6.07, 6.45) is 0.463. The molecule has 5 heteroatoms. The molecule has 0 amide bonds. The molecule has 1 aromatic rings. The van der Waals surface area contributed by atoms with Crippen LogP contribution >= 0.6 is 0 Å². The van der Waals surface area contributed by atoms with Crippen molar-refractivity contribution in [1.82, 2.24) is 0 Å². The van der Waals surface area contributed by atoms with E-state index in [2.05, 4.69) is 0 Å². The normalized spacial score (nSPS) is 13.7. The van der Waals surface area contributed by atoms with Crippen molar-refractivity contribution in [1.29, 1.82) is 0 Å². The van der Waals surface area contributed by atoms with Gasteiger partial charge in [-0.1, -0.05) is 13.0 Å². The van der Waals surface area contributed by atoms with Crippen molar-refractivity contribution in [3.8, 4) is 11.5 Å². The molecule has 106 valence electrons. The summed E-state index contributed by atoms with van der Waals surface area (Å²) >= 11 is 0. The fraction of sp³-hybridized carbons (Fsp3) is 0.500. The van der Waals surface area contributed by atoms with Crippen LogP contribution in [0.4, 0.5) is 0 Å². The molecule has 0 aliphatic carbocycles. The molecule has 0 aliphatic rings. The summed E-state index contributed by atoms with van der Waals surface area (Å²) in [7, 11) is 3.12.